The quantitative estimate of drug-likeness (QED) is 0.678. The summed E-state index contributed by atoms with van der Waals surface area (Å²) in [6.07, 6.45) is 3.48. The van der Waals surface area contributed by atoms with Crippen LogP contribution in [-0.2, 0) is 6.54 Å². The number of likely N-dealkylation sites (tertiary alicyclic amines) is 1. The Kier molecular flexibility index (Phi) is 5.13. The first-order valence-electron chi connectivity index (χ1n) is 9.54. The van der Waals surface area contributed by atoms with Crippen molar-refractivity contribution < 1.29 is 4.79 Å². The smallest absolute Gasteiger partial charge is 0.267 e. The summed E-state index contributed by atoms with van der Waals surface area (Å²) in [6, 6.07) is 7.17. The van der Waals surface area contributed by atoms with E-state index in [1.165, 1.54) is 0 Å². The Labute approximate surface area is 167 Å². The molecule has 0 spiro atoms. The molecule has 7 nitrogen and oxygen atoms in total. The van der Waals surface area contributed by atoms with Crippen LogP contribution in [0.4, 0.5) is 0 Å². The summed E-state index contributed by atoms with van der Waals surface area (Å²) in [4.78, 5) is 28.4. The second-order valence-electron chi connectivity index (χ2n) is 7.01. The van der Waals surface area contributed by atoms with Crippen LogP contribution in [0.5, 0.6) is 0 Å². The molecule has 1 amide bonds. The number of carbonyl (C=O) groups is 1. The van der Waals surface area contributed by atoms with Crippen molar-refractivity contribution in [3.05, 3.63) is 57.5 Å². The fraction of sp³-hybridized carbons (Fsp3) is 0.400. The zero-order chi connectivity index (χ0) is 19.7. The van der Waals surface area contributed by atoms with Crippen LogP contribution in [0.3, 0.4) is 0 Å². The molecule has 0 aromatic carbocycles. The third-order valence-corrected chi connectivity index (χ3v) is 6.02. The Bertz CT molecular complexity index is 1040. The molecule has 0 saturated carbocycles. The lowest BCUT2D eigenvalue weighted by Crippen LogP contribution is -2.43. The van der Waals surface area contributed by atoms with E-state index in [0.717, 1.165) is 35.7 Å². The van der Waals surface area contributed by atoms with Crippen molar-refractivity contribution in [2.45, 2.75) is 39.3 Å². The first kappa shape index (κ1) is 18.6. The van der Waals surface area contributed by atoms with E-state index < -0.39 is 0 Å². The maximum Gasteiger partial charge on any atom is 0.267 e. The fourth-order valence-electron chi connectivity index (χ4n) is 3.64. The van der Waals surface area contributed by atoms with Gasteiger partial charge in [-0.05, 0) is 44.2 Å². The number of aryl methyl sites for hydroxylation is 2. The molecule has 3 aromatic rings. The van der Waals surface area contributed by atoms with Gasteiger partial charge in [0.2, 0.25) is 0 Å². The molecule has 1 aliphatic rings. The monoisotopic (exact) mass is 397 g/mol. The molecular weight excluding hydrogens is 374 g/mol. The molecular formula is C20H23N5O2S. The number of rotatable bonds is 4. The van der Waals surface area contributed by atoms with Gasteiger partial charge in [0.25, 0.3) is 11.5 Å². The first-order chi connectivity index (χ1) is 13.6. The van der Waals surface area contributed by atoms with Gasteiger partial charge in [-0.3, -0.25) is 14.3 Å². The van der Waals surface area contributed by atoms with Crippen molar-refractivity contribution >= 4 is 17.2 Å². The Morgan fingerprint density at radius 3 is 2.86 bits per heavy atom. The van der Waals surface area contributed by atoms with E-state index in [9.17, 15) is 9.59 Å². The summed E-state index contributed by atoms with van der Waals surface area (Å²) in [5, 5.41) is 11.0. The number of thiophene rings is 1. The molecule has 28 heavy (non-hydrogen) atoms. The van der Waals surface area contributed by atoms with Gasteiger partial charge in [-0.25, -0.2) is 4.68 Å². The standard InChI is InChI=1S/C20H23N5O2S/c1-3-24-13-16(14(2)21-24)20(27)23-10-4-6-15(12-23)25-19(26)9-8-17(22-25)18-7-5-11-28-18/h5,7-9,11,13,15H,3-4,6,10,12H2,1-2H3/t15-/m1/s1. The van der Waals surface area contributed by atoms with Crippen molar-refractivity contribution in [3.63, 3.8) is 0 Å². The molecule has 0 aliphatic carbocycles. The van der Waals surface area contributed by atoms with Crippen LogP contribution in [0, 0.1) is 6.92 Å². The highest BCUT2D eigenvalue weighted by atomic mass is 32.1. The highest BCUT2D eigenvalue weighted by molar-refractivity contribution is 7.13. The minimum absolute atomic E-state index is 0.0237. The average molecular weight is 398 g/mol. The van der Waals surface area contributed by atoms with Crippen molar-refractivity contribution in [1.82, 2.24) is 24.5 Å². The third kappa shape index (κ3) is 3.52. The molecule has 0 N–H and O–H groups in total. The molecule has 0 unspecified atom stereocenters. The molecule has 1 aliphatic heterocycles. The predicted octanol–water partition coefficient (Wildman–Crippen LogP) is 2.97. The number of amides is 1. The van der Waals surface area contributed by atoms with Crippen molar-refractivity contribution in [1.29, 1.82) is 0 Å². The molecule has 1 atom stereocenters. The topological polar surface area (TPSA) is 73.0 Å². The van der Waals surface area contributed by atoms with Crippen LogP contribution < -0.4 is 5.56 Å². The van der Waals surface area contributed by atoms with Gasteiger partial charge < -0.3 is 4.90 Å². The predicted molar refractivity (Wildman–Crippen MR) is 109 cm³/mol. The highest BCUT2D eigenvalue weighted by Crippen LogP contribution is 2.25. The number of aromatic nitrogens is 4. The summed E-state index contributed by atoms with van der Waals surface area (Å²) in [5.74, 6) is -0.0237. The Morgan fingerprint density at radius 1 is 1.29 bits per heavy atom. The minimum Gasteiger partial charge on any atom is -0.336 e. The second kappa shape index (κ2) is 7.71. The molecule has 1 fully saturated rings. The zero-order valence-electron chi connectivity index (χ0n) is 16.0. The lowest BCUT2D eigenvalue weighted by atomic mass is 10.0. The van der Waals surface area contributed by atoms with Crippen LogP contribution in [0.15, 0.2) is 40.6 Å². The molecule has 4 heterocycles. The van der Waals surface area contributed by atoms with Gasteiger partial charge in [-0.2, -0.15) is 10.2 Å². The van der Waals surface area contributed by atoms with Gasteiger partial charge in [0, 0.05) is 31.9 Å². The van der Waals surface area contributed by atoms with Gasteiger partial charge in [0.05, 0.1) is 22.2 Å². The van der Waals surface area contributed by atoms with Gasteiger partial charge >= 0.3 is 0 Å². The minimum atomic E-state index is -0.130. The Balaban J connectivity index is 1.59. The van der Waals surface area contributed by atoms with E-state index >= 15 is 0 Å². The van der Waals surface area contributed by atoms with E-state index in [4.69, 9.17) is 0 Å². The largest absolute Gasteiger partial charge is 0.336 e. The summed E-state index contributed by atoms with van der Waals surface area (Å²) in [6.45, 7) is 5.75. The lowest BCUT2D eigenvalue weighted by Gasteiger charge is -2.33. The summed E-state index contributed by atoms with van der Waals surface area (Å²) in [5.41, 5.74) is 2.03. The molecule has 0 radical (unpaired) electrons. The van der Waals surface area contributed by atoms with Gasteiger partial charge in [0.1, 0.15) is 5.69 Å². The van der Waals surface area contributed by atoms with E-state index in [1.807, 2.05) is 42.5 Å². The van der Waals surface area contributed by atoms with E-state index in [0.29, 0.717) is 18.7 Å². The molecule has 3 aromatic heterocycles. The van der Waals surface area contributed by atoms with Crippen LogP contribution in [0.25, 0.3) is 10.6 Å². The van der Waals surface area contributed by atoms with Crippen molar-refractivity contribution in [2.24, 2.45) is 0 Å². The van der Waals surface area contributed by atoms with E-state index in [-0.39, 0.29) is 17.5 Å². The summed E-state index contributed by atoms with van der Waals surface area (Å²) < 4.78 is 3.33. The van der Waals surface area contributed by atoms with Gasteiger partial charge in [-0.1, -0.05) is 6.07 Å². The molecule has 4 rings (SSSR count). The van der Waals surface area contributed by atoms with Crippen LogP contribution in [-0.4, -0.2) is 43.5 Å². The highest BCUT2D eigenvalue weighted by Gasteiger charge is 2.28. The Hall–Kier alpha value is -2.74. The van der Waals surface area contributed by atoms with Crippen molar-refractivity contribution in [2.75, 3.05) is 13.1 Å². The number of hydrogen-bond acceptors (Lipinski definition) is 5. The molecule has 0 bridgehead atoms. The number of carbonyl (C=O) groups excluding carboxylic acids is 1. The SMILES string of the molecule is CCn1cc(C(=O)N2CCC[C@@H](n3nc(-c4cccs4)ccc3=O)C2)c(C)n1. The fourth-order valence-corrected chi connectivity index (χ4v) is 4.33. The maximum absolute atomic E-state index is 13.0. The van der Waals surface area contributed by atoms with E-state index in [1.54, 1.807) is 32.8 Å². The maximum atomic E-state index is 13.0. The summed E-state index contributed by atoms with van der Waals surface area (Å²) in [7, 11) is 0. The number of nitrogens with zero attached hydrogens (tertiary/aromatic N) is 5. The third-order valence-electron chi connectivity index (χ3n) is 5.13. The van der Waals surface area contributed by atoms with Crippen molar-refractivity contribution in [3.8, 4) is 10.6 Å². The van der Waals surface area contributed by atoms with Gasteiger partial charge in [-0.15, -0.1) is 11.3 Å². The van der Waals surface area contributed by atoms with Crippen LogP contribution in [0.2, 0.25) is 0 Å². The number of hydrogen-bond donors (Lipinski definition) is 0. The number of piperidine rings is 1. The average Bonchev–Trinajstić information content (AvgIpc) is 3.38. The first-order valence-corrected chi connectivity index (χ1v) is 10.4. The second-order valence-corrected chi connectivity index (χ2v) is 7.96. The van der Waals surface area contributed by atoms with Crippen LogP contribution >= 0.6 is 11.3 Å². The van der Waals surface area contributed by atoms with Crippen LogP contribution in [0.1, 0.15) is 41.9 Å². The van der Waals surface area contributed by atoms with E-state index in [2.05, 4.69) is 10.2 Å². The normalized spacial score (nSPS) is 17.1. The van der Waals surface area contributed by atoms with Gasteiger partial charge in [0.15, 0.2) is 0 Å². The molecule has 1 saturated heterocycles. The summed E-state index contributed by atoms with van der Waals surface area (Å²) >= 11 is 1.59. The molecule has 8 heteroatoms. The Morgan fingerprint density at radius 2 is 2.14 bits per heavy atom. The molecule has 146 valence electrons. The zero-order valence-corrected chi connectivity index (χ0v) is 16.9. The lowest BCUT2D eigenvalue weighted by molar-refractivity contribution is 0.0669.